The molecule has 0 radical (unpaired) electrons. The summed E-state index contributed by atoms with van der Waals surface area (Å²) in [5.41, 5.74) is 2.90. The van der Waals surface area contributed by atoms with Crippen LogP contribution in [0, 0.1) is 11.6 Å². The van der Waals surface area contributed by atoms with Crippen LogP contribution in [0.25, 0.3) is 0 Å². The number of benzene rings is 1. The lowest BCUT2D eigenvalue weighted by atomic mass is 10.2. The Hall–Kier alpha value is -1.53. The van der Waals surface area contributed by atoms with Gasteiger partial charge in [-0.05, 0) is 30.5 Å². The summed E-state index contributed by atoms with van der Waals surface area (Å²) in [7, 11) is 0. The number of nitrogens with one attached hydrogen (secondary N) is 1. The molecule has 3 rings (SSSR count). The van der Waals surface area contributed by atoms with Crippen LogP contribution in [-0.2, 0) is 13.2 Å². The molecule has 20 heavy (non-hydrogen) atoms. The van der Waals surface area contributed by atoms with Crippen molar-refractivity contribution in [1.82, 2.24) is 10.3 Å². The fourth-order valence-corrected chi connectivity index (χ4v) is 2.40. The lowest BCUT2D eigenvalue weighted by Crippen LogP contribution is -2.15. The average Bonchev–Trinajstić information content (AvgIpc) is 3.10. The summed E-state index contributed by atoms with van der Waals surface area (Å²) in [5.74, 6) is -1.69. The lowest BCUT2D eigenvalue weighted by molar-refractivity contribution is 0.270. The van der Waals surface area contributed by atoms with Crippen molar-refractivity contribution in [3.05, 3.63) is 45.9 Å². The third kappa shape index (κ3) is 3.32. The smallest absolute Gasteiger partial charge is 0.191 e. The van der Waals surface area contributed by atoms with E-state index in [-0.39, 0.29) is 12.4 Å². The summed E-state index contributed by atoms with van der Waals surface area (Å²) >= 11 is 1.41. The van der Waals surface area contributed by atoms with Crippen molar-refractivity contribution in [3.8, 4) is 5.75 Å². The molecule has 0 unspecified atom stereocenters. The molecule has 1 N–H and O–H groups in total. The minimum Gasteiger partial charge on any atom is -0.481 e. The van der Waals surface area contributed by atoms with E-state index >= 15 is 0 Å². The maximum atomic E-state index is 13.9. The first-order valence-electron chi connectivity index (χ1n) is 6.43. The van der Waals surface area contributed by atoms with Crippen LogP contribution in [0.5, 0.6) is 5.75 Å². The molecule has 0 atom stereocenters. The van der Waals surface area contributed by atoms with Gasteiger partial charge < -0.3 is 10.1 Å². The number of thiazole rings is 1. The highest BCUT2D eigenvalue weighted by Crippen LogP contribution is 2.25. The molecule has 0 aliphatic heterocycles. The summed E-state index contributed by atoms with van der Waals surface area (Å²) in [5, 5.41) is 5.00. The molecular weight excluding hydrogens is 282 g/mol. The Morgan fingerprint density at radius 3 is 2.65 bits per heavy atom. The van der Waals surface area contributed by atoms with Crippen molar-refractivity contribution in [2.45, 2.75) is 32.0 Å². The lowest BCUT2D eigenvalue weighted by Gasteiger charge is -2.10. The monoisotopic (exact) mass is 296 g/mol. The van der Waals surface area contributed by atoms with Crippen LogP contribution < -0.4 is 10.1 Å². The molecule has 6 heteroatoms. The SMILES string of the molecule is Fc1cc(CNC2CC2)cc(F)c1OCc1cscn1. The average molecular weight is 296 g/mol. The molecule has 1 saturated carbocycles. The summed E-state index contributed by atoms with van der Waals surface area (Å²) < 4.78 is 32.9. The van der Waals surface area contributed by atoms with Gasteiger partial charge in [-0.1, -0.05) is 0 Å². The van der Waals surface area contributed by atoms with Crippen LogP contribution in [0.15, 0.2) is 23.0 Å². The van der Waals surface area contributed by atoms with Crippen molar-refractivity contribution in [2.24, 2.45) is 0 Å². The zero-order valence-electron chi connectivity index (χ0n) is 10.7. The molecule has 1 aromatic heterocycles. The largest absolute Gasteiger partial charge is 0.481 e. The van der Waals surface area contributed by atoms with E-state index < -0.39 is 11.6 Å². The van der Waals surface area contributed by atoms with Crippen molar-refractivity contribution in [1.29, 1.82) is 0 Å². The molecule has 2 aromatic rings. The number of rotatable bonds is 6. The molecular formula is C14H14F2N2OS. The van der Waals surface area contributed by atoms with Gasteiger partial charge in [0.2, 0.25) is 0 Å². The van der Waals surface area contributed by atoms with E-state index in [1.54, 1.807) is 10.9 Å². The highest BCUT2D eigenvalue weighted by Gasteiger charge is 2.21. The van der Waals surface area contributed by atoms with Crippen LogP contribution in [0.4, 0.5) is 8.78 Å². The zero-order valence-corrected chi connectivity index (χ0v) is 11.6. The summed E-state index contributed by atoms with van der Waals surface area (Å²) in [6, 6.07) is 3.13. The van der Waals surface area contributed by atoms with Crippen LogP contribution in [0.1, 0.15) is 24.1 Å². The molecule has 106 valence electrons. The van der Waals surface area contributed by atoms with E-state index in [9.17, 15) is 8.78 Å². The molecule has 1 aromatic carbocycles. The first-order valence-corrected chi connectivity index (χ1v) is 7.38. The van der Waals surface area contributed by atoms with E-state index in [2.05, 4.69) is 10.3 Å². The van der Waals surface area contributed by atoms with Crippen molar-refractivity contribution < 1.29 is 13.5 Å². The number of hydrogen-bond acceptors (Lipinski definition) is 4. The highest BCUT2D eigenvalue weighted by atomic mass is 32.1. The van der Waals surface area contributed by atoms with Crippen LogP contribution in [0.2, 0.25) is 0 Å². The second-order valence-corrected chi connectivity index (χ2v) is 5.53. The quantitative estimate of drug-likeness (QED) is 0.888. The Balaban J connectivity index is 1.67. The van der Waals surface area contributed by atoms with Gasteiger partial charge in [-0.3, -0.25) is 0 Å². The summed E-state index contributed by atoms with van der Waals surface area (Å²) in [4.78, 5) is 4.00. The second-order valence-electron chi connectivity index (χ2n) is 4.81. The van der Waals surface area contributed by atoms with Crippen LogP contribution >= 0.6 is 11.3 Å². The molecule has 1 heterocycles. The Bertz CT molecular complexity index is 562. The van der Waals surface area contributed by atoms with Gasteiger partial charge in [0, 0.05) is 18.0 Å². The van der Waals surface area contributed by atoms with E-state index in [4.69, 9.17) is 4.74 Å². The Morgan fingerprint density at radius 1 is 1.30 bits per heavy atom. The molecule has 0 bridgehead atoms. The highest BCUT2D eigenvalue weighted by molar-refractivity contribution is 7.07. The Morgan fingerprint density at radius 2 is 2.05 bits per heavy atom. The number of nitrogens with zero attached hydrogens (tertiary/aromatic N) is 1. The van der Waals surface area contributed by atoms with Crippen molar-refractivity contribution >= 4 is 11.3 Å². The molecule has 0 saturated heterocycles. The third-order valence-corrected chi connectivity index (χ3v) is 3.71. The number of halogens is 2. The van der Waals surface area contributed by atoms with E-state index in [1.807, 2.05) is 0 Å². The Labute approximate surface area is 119 Å². The van der Waals surface area contributed by atoms with Gasteiger partial charge in [0.1, 0.15) is 6.61 Å². The van der Waals surface area contributed by atoms with Gasteiger partial charge >= 0.3 is 0 Å². The first-order chi connectivity index (χ1) is 9.72. The minimum absolute atomic E-state index is 0.0665. The number of aromatic nitrogens is 1. The van der Waals surface area contributed by atoms with Gasteiger partial charge in [0.05, 0.1) is 11.2 Å². The second kappa shape index (κ2) is 5.85. The van der Waals surface area contributed by atoms with Gasteiger partial charge in [-0.2, -0.15) is 0 Å². The standard InChI is InChI=1S/C14H14F2N2OS/c15-12-3-9(5-17-10-1-2-10)4-13(16)14(12)19-6-11-7-20-8-18-11/h3-4,7-8,10,17H,1-2,5-6H2. The molecule has 0 amide bonds. The third-order valence-electron chi connectivity index (χ3n) is 3.08. The fraction of sp³-hybridized carbons (Fsp3) is 0.357. The van der Waals surface area contributed by atoms with Crippen LogP contribution in [0.3, 0.4) is 0 Å². The Kier molecular flexibility index (Phi) is 3.93. The predicted molar refractivity (Wildman–Crippen MR) is 72.7 cm³/mol. The molecule has 1 aliphatic rings. The molecule has 1 aliphatic carbocycles. The maximum Gasteiger partial charge on any atom is 0.191 e. The van der Waals surface area contributed by atoms with Crippen molar-refractivity contribution in [2.75, 3.05) is 0 Å². The number of hydrogen-bond donors (Lipinski definition) is 1. The molecule has 3 nitrogen and oxygen atoms in total. The zero-order chi connectivity index (χ0) is 13.9. The van der Waals surface area contributed by atoms with Gasteiger partial charge in [-0.25, -0.2) is 13.8 Å². The summed E-state index contributed by atoms with van der Waals surface area (Å²) in [6.45, 7) is 0.544. The topological polar surface area (TPSA) is 34.1 Å². The van der Waals surface area contributed by atoms with E-state index in [0.717, 1.165) is 12.8 Å². The van der Waals surface area contributed by atoms with E-state index in [1.165, 1.54) is 23.5 Å². The molecule has 0 spiro atoms. The van der Waals surface area contributed by atoms with Crippen molar-refractivity contribution in [3.63, 3.8) is 0 Å². The normalized spacial score (nSPS) is 14.5. The first kappa shape index (κ1) is 13.5. The minimum atomic E-state index is -0.673. The van der Waals surface area contributed by atoms with Crippen LogP contribution in [-0.4, -0.2) is 11.0 Å². The predicted octanol–water partition coefficient (Wildman–Crippen LogP) is 3.25. The van der Waals surface area contributed by atoms with E-state index in [0.29, 0.717) is 23.8 Å². The fourth-order valence-electron chi connectivity index (χ4n) is 1.86. The maximum absolute atomic E-state index is 13.9. The summed E-state index contributed by atoms with van der Waals surface area (Å²) in [6.07, 6.45) is 2.28. The van der Waals surface area contributed by atoms with Gasteiger partial charge in [-0.15, -0.1) is 11.3 Å². The van der Waals surface area contributed by atoms with Gasteiger partial charge in [0.15, 0.2) is 17.4 Å². The number of ether oxygens (including phenoxy) is 1. The molecule has 1 fully saturated rings. The van der Waals surface area contributed by atoms with Gasteiger partial charge in [0.25, 0.3) is 0 Å².